The van der Waals surface area contributed by atoms with E-state index in [9.17, 15) is 9.59 Å². The minimum absolute atomic E-state index is 0.0956. The molecule has 0 saturated carbocycles. The molecule has 1 N–H and O–H groups in total. The Morgan fingerprint density at radius 2 is 1.72 bits per heavy atom. The van der Waals surface area contributed by atoms with Crippen LogP contribution in [0, 0.1) is 0 Å². The van der Waals surface area contributed by atoms with Crippen molar-refractivity contribution in [1.82, 2.24) is 10.2 Å². The van der Waals surface area contributed by atoms with Gasteiger partial charge in [0.1, 0.15) is 11.8 Å². The molecule has 2 aromatic rings. The molecule has 32 heavy (non-hydrogen) atoms. The molecule has 0 aliphatic heterocycles. The Balaban J connectivity index is 2.17. The lowest BCUT2D eigenvalue weighted by atomic mass is 10.1. The first kappa shape index (κ1) is 25.0. The monoisotopic (exact) mass is 442 g/mol. The fourth-order valence-electron chi connectivity index (χ4n) is 3.38. The summed E-state index contributed by atoms with van der Waals surface area (Å²) >= 11 is 0. The number of hydrogen-bond acceptors (Lipinski definition) is 5. The van der Waals surface area contributed by atoms with E-state index in [1.807, 2.05) is 49.4 Å². The number of methoxy groups -OCH3 is 3. The van der Waals surface area contributed by atoms with Crippen LogP contribution in [0.2, 0.25) is 0 Å². The summed E-state index contributed by atoms with van der Waals surface area (Å²) in [5, 5.41) is 2.89. The average Bonchev–Trinajstić information content (AvgIpc) is 2.83. The van der Waals surface area contributed by atoms with Gasteiger partial charge in [0.15, 0.2) is 11.5 Å². The first-order valence-corrected chi connectivity index (χ1v) is 10.8. The molecule has 2 amide bonds. The van der Waals surface area contributed by atoms with Crippen molar-refractivity contribution in [1.29, 1.82) is 0 Å². The van der Waals surface area contributed by atoms with Crippen molar-refractivity contribution in [2.75, 3.05) is 27.9 Å². The Hall–Kier alpha value is -3.22. The summed E-state index contributed by atoms with van der Waals surface area (Å²) in [4.78, 5) is 27.5. The Labute approximate surface area is 190 Å². The van der Waals surface area contributed by atoms with E-state index in [0.29, 0.717) is 36.8 Å². The van der Waals surface area contributed by atoms with Crippen LogP contribution in [-0.2, 0) is 22.6 Å². The molecule has 0 aliphatic carbocycles. The smallest absolute Gasteiger partial charge is 0.242 e. The largest absolute Gasteiger partial charge is 0.497 e. The lowest BCUT2D eigenvalue weighted by Crippen LogP contribution is -2.47. The molecule has 2 rings (SSSR count). The van der Waals surface area contributed by atoms with Gasteiger partial charge in [-0.05, 0) is 55.2 Å². The molecule has 0 aliphatic rings. The molecule has 0 aromatic heterocycles. The van der Waals surface area contributed by atoms with Crippen LogP contribution in [0.1, 0.15) is 37.8 Å². The summed E-state index contributed by atoms with van der Waals surface area (Å²) in [7, 11) is 4.77. The zero-order chi connectivity index (χ0) is 23.5. The highest BCUT2D eigenvalue weighted by atomic mass is 16.5. The van der Waals surface area contributed by atoms with E-state index in [1.54, 1.807) is 33.2 Å². The maximum Gasteiger partial charge on any atom is 0.242 e. The zero-order valence-electron chi connectivity index (χ0n) is 19.6. The van der Waals surface area contributed by atoms with Crippen LogP contribution in [0.3, 0.4) is 0 Å². The van der Waals surface area contributed by atoms with Gasteiger partial charge < -0.3 is 24.4 Å². The molecule has 1 atom stereocenters. The van der Waals surface area contributed by atoms with Gasteiger partial charge in [-0.15, -0.1) is 0 Å². The molecular formula is C25H34N2O5. The van der Waals surface area contributed by atoms with Crippen molar-refractivity contribution in [3.05, 3.63) is 53.6 Å². The SMILES string of the molecule is CCCNC(=O)C(C)N(Cc1cccc(OC)c1)C(=O)CCc1ccc(OC)c(OC)c1. The highest BCUT2D eigenvalue weighted by molar-refractivity contribution is 5.87. The van der Waals surface area contributed by atoms with E-state index in [4.69, 9.17) is 14.2 Å². The van der Waals surface area contributed by atoms with Crippen molar-refractivity contribution in [2.45, 2.75) is 45.7 Å². The summed E-state index contributed by atoms with van der Waals surface area (Å²) in [6, 6.07) is 12.6. The van der Waals surface area contributed by atoms with Crippen molar-refractivity contribution < 1.29 is 23.8 Å². The number of nitrogens with one attached hydrogen (secondary N) is 1. The van der Waals surface area contributed by atoms with Gasteiger partial charge in [0.05, 0.1) is 21.3 Å². The van der Waals surface area contributed by atoms with Gasteiger partial charge in [0.25, 0.3) is 0 Å². The Morgan fingerprint density at radius 3 is 2.38 bits per heavy atom. The Bertz CT molecular complexity index is 900. The van der Waals surface area contributed by atoms with Crippen LogP contribution in [0.15, 0.2) is 42.5 Å². The van der Waals surface area contributed by atoms with E-state index in [0.717, 1.165) is 17.5 Å². The van der Waals surface area contributed by atoms with Gasteiger partial charge in [0.2, 0.25) is 11.8 Å². The van der Waals surface area contributed by atoms with Crippen molar-refractivity contribution >= 4 is 11.8 Å². The summed E-state index contributed by atoms with van der Waals surface area (Å²) in [5.41, 5.74) is 1.86. The number of nitrogens with zero attached hydrogens (tertiary/aromatic N) is 1. The minimum Gasteiger partial charge on any atom is -0.497 e. The second-order valence-corrected chi connectivity index (χ2v) is 7.53. The van der Waals surface area contributed by atoms with Crippen LogP contribution in [-0.4, -0.2) is 50.6 Å². The predicted octanol–water partition coefficient (Wildman–Crippen LogP) is 3.59. The molecule has 7 nitrogen and oxygen atoms in total. The second-order valence-electron chi connectivity index (χ2n) is 7.53. The van der Waals surface area contributed by atoms with Gasteiger partial charge in [-0.1, -0.05) is 25.1 Å². The summed E-state index contributed by atoms with van der Waals surface area (Å²) in [5.74, 6) is 1.72. The molecule has 0 saturated heterocycles. The molecule has 7 heteroatoms. The quantitative estimate of drug-likeness (QED) is 0.544. The van der Waals surface area contributed by atoms with Crippen LogP contribution in [0.5, 0.6) is 17.2 Å². The topological polar surface area (TPSA) is 77.1 Å². The fourth-order valence-corrected chi connectivity index (χ4v) is 3.38. The standard InChI is InChI=1S/C25H34N2O5/c1-6-14-26-25(29)18(2)27(17-20-8-7-9-21(15-20)30-3)24(28)13-11-19-10-12-22(31-4)23(16-19)32-5/h7-10,12,15-16,18H,6,11,13-14,17H2,1-5H3,(H,26,29). The van der Waals surface area contributed by atoms with Crippen LogP contribution < -0.4 is 19.5 Å². The van der Waals surface area contributed by atoms with Crippen LogP contribution >= 0.6 is 0 Å². The van der Waals surface area contributed by atoms with E-state index in [-0.39, 0.29) is 18.2 Å². The zero-order valence-corrected chi connectivity index (χ0v) is 19.6. The number of rotatable bonds is 12. The molecular weight excluding hydrogens is 408 g/mol. The highest BCUT2D eigenvalue weighted by Crippen LogP contribution is 2.28. The van der Waals surface area contributed by atoms with E-state index in [2.05, 4.69) is 5.32 Å². The minimum atomic E-state index is -0.592. The normalized spacial score (nSPS) is 11.4. The summed E-state index contributed by atoms with van der Waals surface area (Å²) < 4.78 is 15.9. The number of carbonyl (C=O) groups excluding carboxylic acids is 2. The lowest BCUT2D eigenvalue weighted by molar-refractivity contribution is -0.140. The van der Waals surface area contributed by atoms with Crippen molar-refractivity contribution in [3.63, 3.8) is 0 Å². The molecule has 0 fully saturated rings. The number of amides is 2. The predicted molar refractivity (Wildman–Crippen MR) is 124 cm³/mol. The van der Waals surface area contributed by atoms with Gasteiger partial charge in [-0.3, -0.25) is 9.59 Å². The Kier molecular flexibility index (Phi) is 9.85. The number of benzene rings is 2. The summed E-state index contributed by atoms with van der Waals surface area (Å²) in [6.07, 6.45) is 1.63. The third-order valence-corrected chi connectivity index (χ3v) is 5.28. The maximum absolute atomic E-state index is 13.2. The van der Waals surface area contributed by atoms with E-state index < -0.39 is 6.04 Å². The van der Waals surface area contributed by atoms with Crippen molar-refractivity contribution in [2.24, 2.45) is 0 Å². The molecule has 1 unspecified atom stereocenters. The molecule has 174 valence electrons. The fraction of sp³-hybridized carbons (Fsp3) is 0.440. The average molecular weight is 443 g/mol. The summed E-state index contributed by atoms with van der Waals surface area (Å²) in [6.45, 7) is 4.66. The number of ether oxygens (including phenoxy) is 3. The first-order chi connectivity index (χ1) is 15.4. The Morgan fingerprint density at radius 1 is 0.969 bits per heavy atom. The van der Waals surface area contributed by atoms with Gasteiger partial charge in [0, 0.05) is 19.5 Å². The number of aryl methyl sites for hydroxylation is 1. The van der Waals surface area contributed by atoms with Crippen LogP contribution in [0.25, 0.3) is 0 Å². The van der Waals surface area contributed by atoms with E-state index in [1.165, 1.54) is 0 Å². The van der Waals surface area contributed by atoms with Gasteiger partial charge >= 0.3 is 0 Å². The lowest BCUT2D eigenvalue weighted by Gasteiger charge is -2.29. The van der Waals surface area contributed by atoms with E-state index >= 15 is 0 Å². The molecule has 2 aromatic carbocycles. The first-order valence-electron chi connectivity index (χ1n) is 10.8. The second kappa shape index (κ2) is 12.6. The number of carbonyl (C=O) groups is 2. The molecule has 0 heterocycles. The highest BCUT2D eigenvalue weighted by Gasteiger charge is 2.26. The van der Waals surface area contributed by atoms with Gasteiger partial charge in [-0.25, -0.2) is 0 Å². The molecule has 0 radical (unpaired) electrons. The number of hydrogen-bond donors (Lipinski definition) is 1. The van der Waals surface area contributed by atoms with Crippen LogP contribution in [0.4, 0.5) is 0 Å². The molecule has 0 bridgehead atoms. The van der Waals surface area contributed by atoms with Crippen molar-refractivity contribution in [3.8, 4) is 17.2 Å². The third-order valence-electron chi connectivity index (χ3n) is 5.28. The molecule has 0 spiro atoms. The van der Waals surface area contributed by atoms with Gasteiger partial charge in [-0.2, -0.15) is 0 Å². The third kappa shape index (κ3) is 6.90. The maximum atomic E-state index is 13.2.